The first-order valence-corrected chi connectivity index (χ1v) is 8.72. The molecule has 0 saturated heterocycles. The molecule has 25 heavy (non-hydrogen) atoms. The standard InChI is InChI=1S/C17H14ClF2N3OS/c1-23-16(9-24-15-7-6-13(20)8-14(15)18)21-22-17(23)25-10-11-2-4-12(19)5-3-11/h2-8H,9-10H2,1H3. The zero-order valence-corrected chi connectivity index (χ0v) is 14.8. The van der Waals surface area contributed by atoms with Crippen molar-refractivity contribution in [1.82, 2.24) is 14.8 Å². The molecule has 0 unspecified atom stereocenters. The summed E-state index contributed by atoms with van der Waals surface area (Å²) in [5.74, 6) is 0.965. The fraction of sp³-hybridized carbons (Fsp3) is 0.176. The quantitative estimate of drug-likeness (QED) is 0.584. The summed E-state index contributed by atoms with van der Waals surface area (Å²) in [7, 11) is 1.83. The topological polar surface area (TPSA) is 39.9 Å². The number of rotatable bonds is 6. The number of thioether (sulfide) groups is 1. The molecule has 0 atom stereocenters. The molecule has 3 rings (SSSR count). The molecule has 0 radical (unpaired) electrons. The van der Waals surface area contributed by atoms with Gasteiger partial charge in [0.1, 0.15) is 24.0 Å². The summed E-state index contributed by atoms with van der Waals surface area (Å²) < 4.78 is 33.3. The first-order valence-electron chi connectivity index (χ1n) is 7.36. The van der Waals surface area contributed by atoms with Gasteiger partial charge >= 0.3 is 0 Å². The van der Waals surface area contributed by atoms with Gasteiger partial charge in [-0.2, -0.15) is 0 Å². The van der Waals surface area contributed by atoms with Crippen LogP contribution in [-0.4, -0.2) is 14.8 Å². The number of halogens is 3. The van der Waals surface area contributed by atoms with E-state index in [0.717, 1.165) is 5.56 Å². The molecule has 8 heteroatoms. The van der Waals surface area contributed by atoms with Gasteiger partial charge in [-0.3, -0.25) is 0 Å². The highest BCUT2D eigenvalue weighted by atomic mass is 35.5. The molecule has 1 heterocycles. The van der Waals surface area contributed by atoms with E-state index in [9.17, 15) is 8.78 Å². The molecule has 0 aliphatic heterocycles. The van der Waals surface area contributed by atoms with Gasteiger partial charge < -0.3 is 9.30 Å². The fourth-order valence-corrected chi connectivity index (χ4v) is 3.17. The van der Waals surface area contributed by atoms with Crippen LogP contribution >= 0.6 is 23.4 Å². The molecular weight excluding hydrogens is 368 g/mol. The van der Waals surface area contributed by atoms with Gasteiger partial charge in [-0.1, -0.05) is 35.5 Å². The monoisotopic (exact) mass is 381 g/mol. The van der Waals surface area contributed by atoms with E-state index in [0.29, 0.717) is 22.5 Å². The van der Waals surface area contributed by atoms with E-state index < -0.39 is 5.82 Å². The molecule has 1 aromatic heterocycles. The zero-order valence-electron chi connectivity index (χ0n) is 13.2. The van der Waals surface area contributed by atoms with Crippen LogP contribution in [0.4, 0.5) is 8.78 Å². The van der Waals surface area contributed by atoms with Crippen molar-refractivity contribution in [2.24, 2.45) is 7.05 Å². The maximum absolute atomic E-state index is 13.0. The Labute approximate surface area is 152 Å². The predicted molar refractivity (Wildman–Crippen MR) is 92.7 cm³/mol. The van der Waals surface area contributed by atoms with E-state index in [1.54, 1.807) is 12.1 Å². The van der Waals surface area contributed by atoms with E-state index in [1.807, 2.05) is 11.6 Å². The van der Waals surface area contributed by atoms with Crippen molar-refractivity contribution in [3.63, 3.8) is 0 Å². The second-order valence-corrected chi connectivity index (χ2v) is 6.59. The van der Waals surface area contributed by atoms with Gasteiger partial charge in [-0.05, 0) is 35.9 Å². The maximum atomic E-state index is 13.0. The van der Waals surface area contributed by atoms with Crippen LogP contribution in [-0.2, 0) is 19.4 Å². The average Bonchev–Trinajstić information content (AvgIpc) is 2.94. The van der Waals surface area contributed by atoms with Crippen LogP contribution in [0.25, 0.3) is 0 Å². The molecule has 0 aliphatic carbocycles. The van der Waals surface area contributed by atoms with Crippen molar-refractivity contribution in [2.75, 3.05) is 0 Å². The summed E-state index contributed by atoms with van der Waals surface area (Å²) in [6.45, 7) is 0.159. The lowest BCUT2D eigenvalue weighted by molar-refractivity contribution is 0.290. The SMILES string of the molecule is Cn1c(COc2ccc(F)cc2Cl)nnc1SCc1ccc(F)cc1. The Morgan fingerprint density at radius 3 is 2.52 bits per heavy atom. The van der Waals surface area contributed by atoms with Crippen molar-refractivity contribution >= 4 is 23.4 Å². The molecule has 0 aliphatic rings. The van der Waals surface area contributed by atoms with Gasteiger partial charge in [0.2, 0.25) is 0 Å². The van der Waals surface area contributed by atoms with E-state index in [4.69, 9.17) is 16.3 Å². The molecule has 0 bridgehead atoms. The lowest BCUT2D eigenvalue weighted by Crippen LogP contribution is -2.04. The number of hydrogen-bond donors (Lipinski definition) is 0. The third-order valence-corrected chi connectivity index (χ3v) is 4.84. The van der Waals surface area contributed by atoms with Crippen LogP contribution in [0.15, 0.2) is 47.6 Å². The Hall–Kier alpha value is -2.12. The molecule has 4 nitrogen and oxygen atoms in total. The van der Waals surface area contributed by atoms with Crippen LogP contribution in [0.3, 0.4) is 0 Å². The molecule has 0 N–H and O–H groups in total. The smallest absolute Gasteiger partial charge is 0.191 e. The Kier molecular flexibility index (Phi) is 5.55. The van der Waals surface area contributed by atoms with Gasteiger partial charge in [0.05, 0.1) is 5.02 Å². The third kappa shape index (κ3) is 4.49. The number of aromatic nitrogens is 3. The largest absolute Gasteiger partial charge is 0.484 e. The van der Waals surface area contributed by atoms with E-state index >= 15 is 0 Å². The van der Waals surface area contributed by atoms with Gasteiger partial charge in [0, 0.05) is 12.8 Å². The van der Waals surface area contributed by atoms with Crippen LogP contribution < -0.4 is 4.74 Å². The van der Waals surface area contributed by atoms with Crippen LogP contribution in [0.5, 0.6) is 5.75 Å². The normalized spacial score (nSPS) is 10.9. The zero-order chi connectivity index (χ0) is 17.8. The summed E-state index contributed by atoms with van der Waals surface area (Å²) in [5, 5.41) is 9.14. The van der Waals surface area contributed by atoms with Gasteiger partial charge in [0.15, 0.2) is 11.0 Å². The second kappa shape index (κ2) is 7.84. The minimum Gasteiger partial charge on any atom is -0.484 e. The van der Waals surface area contributed by atoms with Gasteiger partial charge in [0.25, 0.3) is 0 Å². The Bertz CT molecular complexity index is 871. The summed E-state index contributed by atoms with van der Waals surface area (Å²) in [4.78, 5) is 0. The predicted octanol–water partition coefficient (Wildman–Crippen LogP) is 4.62. The summed E-state index contributed by atoms with van der Waals surface area (Å²) in [6.07, 6.45) is 0. The van der Waals surface area contributed by atoms with Crippen molar-refractivity contribution < 1.29 is 13.5 Å². The van der Waals surface area contributed by atoms with Crippen molar-refractivity contribution in [3.05, 3.63) is 70.5 Å². The highest BCUT2D eigenvalue weighted by molar-refractivity contribution is 7.98. The van der Waals surface area contributed by atoms with E-state index in [1.165, 1.54) is 42.1 Å². The minimum atomic E-state index is -0.421. The number of ether oxygens (including phenoxy) is 1. The molecule has 0 saturated carbocycles. The molecule has 130 valence electrons. The number of hydrogen-bond acceptors (Lipinski definition) is 4. The van der Waals surface area contributed by atoms with Crippen LogP contribution in [0.1, 0.15) is 11.4 Å². The Morgan fingerprint density at radius 1 is 1.08 bits per heavy atom. The Morgan fingerprint density at radius 2 is 1.80 bits per heavy atom. The maximum Gasteiger partial charge on any atom is 0.191 e. The first-order chi connectivity index (χ1) is 12.0. The van der Waals surface area contributed by atoms with Crippen molar-refractivity contribution in [1.29, 1.82) is 0 Å². The second-order valence-electron chi connectivity index (χ2n) is 5.24. The molecule has 3 aromatic rings. The number of nitrogens with zero attached hydrogens (tertiary/aromatic N) is 3. The number of benzene rings is 2. The lowest BCUT2D eigenvalue weighted by atomic mass is 10.2. The minimum absolute atomic E-state index is 0.159. The Balaban J connectivity index is 1.61. The van der Waals surface area contributed by atoms with Gasteiger partial charge in [-0.25, -0.2) is 8.78 Å². The summed E-state index contributed by atoms with van der Waals surface area (Å²) in [5.41, 5.74) is 0.991. The highest BCUT2D eigenvalue weighted by Crippen LogP contribution is 2.26. The van der Waals surface area contributed by atoms with Gasteiger partial charge in [-0.15, -0.1) is 10.2 Å². The molecular formula is C17H14ClF2N3OS. The molecule has 0 spiro atoms. The molecule has 2 aromatic carbocycles. The van der Waals surface area contributed by atoms with Crippen molar-refractivity contribution in [2.45, 2.75) is 17.5 Å². The average molecular weight is 382 g/mol. The van der Waals surface area contributed by atoms with Crippen molar-refractivity contribution in [3.8, 4) is 5.75 Å². The summed E-state index contributed by atoms with van der Waals surface area (Å²) >= 11 is 7.42. The van der Waals surface area contributed by atoms with Crippen LogP contribution in [0.2, 0.25) is 5.02 Å². The third-order valence-electron chi connectivity index (χ3n) is 3.46. The molecule has 0 amide bonds. The fourth-order valence-electron chi connectivity index (χ4n) is 2.06. The van der Waals surface area contributed by atoms with E-state index in [-0.39, 0.29) is 17.4 Å². The first kappa shape index (κ1) is 17.7. The summed E-state index contributed by atoms with van der Waals surface area (Å²) in [6, 6.07) is 10.3. The van der Waals surface area contributed by atoms with Crippen LogP contribution in [0, 0.1) is 11.6 Å². The lowest BCUT2D eigenvalue weighted by Gasteiger charge is -2.08. The molecule has 0 fully saturated rings. The van der Waals surface area contributed by atoms with E-state index in [2.05, 4.69) is 10.2 Å². The highest BCUT2D eigenvalue weighted by Gasteiger charge is 2.11.